The second-order valence-corrected chi connectivity index (χ2v) is 2.91. The highest BCUT2D eigenvalue weighted by molar-refractivity contribution is 4.77. The quantitative estimate of drug-likeness (QED) is 0.526. The van der Waals surface area contributed by atoms with Gasteiger partial charge >= 0.3 is 0 Å². The minimum absolute atomic E-state index is 0. The smallest absolute Gasteiger partial charge is 0.0267 e. The monoisotopic (exact) mass is 184 g/mol. The van der Waals surface area contributed by atoms with E-state index in [1.54, 1.807) is 0 Å². The molecule has 0 aliphatic rings. The Morgan fingerprint density at radius 2 is 1.46 bits per heavy atom. The maximum Gasteiger partial charge on any atom is -0.0267 e. The SMILES string of the molecule is C.C=CC(C)CC.CCC=CCC. The molecule has 1 unspecified atom stereocenters. The number of hydrogen-bond acceptors (Lipinski definition) is 0. The maximum absolute atomic E-state index is 3.63. The summed E-state index contributed by atoms with van der Waals surface area (Å²) in [5, 5.41) is 0. The molecule has 0 nitrogen and oxygen atoms in total. The van der Waals surface area contributed by atoms with Crippen molar-refractivity contribution in [3.63, 3.8) is 0 Å². The van der Waals surface area contributed by atoms with E-state index in [2.05, 4.69) is 46.4 Å². The van der Waals surface area contributed by atoms with Gasteiger partial charge in [0.1, 0.15) is 0 Å². The lowest BCUT2D eigenvalue weighted by molar-refractivity contribution is 0.700. The van der Waals surface area contributed by atoms with Crippen molar-refractivity contribution < 1.29 is 0 Å². The first-order valence-electron chi connectivity index (χ1n) is 5.00. The molecule has 0 bridgehead atoms. The van der Waals surface area contributed by atoms with Gasteiger partial charge in [0.25, 0.3) is 0 Å². The van der Waals surface area contributed by atoms with Gasteiger partial charge in [0.05, 0.1) is 0 Å². The van der Waals surface area contributed by atoms with Gasteiger partial charge in [-0.25, -0.2) is 0 Å². The molecule has 0 N–H and O–H groups in total. The second kappa shape index (κ2) is 17.5. The summed E-state index contributed by atoms with van der Waals surface area (Å²) in [6, 6.07) is 0. The molecule has 0 aliphatic carbocycles. The molecule has 0 saturated heterocycles. The van der Waals surface area contributed by atoms with Crippen molar-refractivity contribution in [1.82, 2.24) is 0 Å². The van der Waals surface area contributed by atoms with Gasteiger partial charge in [-0.3, -0.25) is 0 Å². The van der Waals surface area contributed by atoms with E-state index >= 15 is 0 Å². The van der Waals surface area contributed by atoms with Gasteiger partial charge in [-0.05, 0) is 18.8 Å². The highest BCUT2D eigenvalue weighted by atomic mass is 13.9. The van der Waals surface area contributed by atoms with Gasteiger partial charge in [0.15, 0.2) is 0 Å². The lowest BCUT2D eigenvalue weighted by Crippen LogP contribution is -1.80. The van der Waals surface area contributed by atoms with Crippen molar-refractivity contribution >= 4 is 0 Å². The molecule has 0 heterocycles. The predicted octanol–water partition coefficient (Wildman–Crippen LogP) is 5.22. The van der Waals surface area contributed by atoms with Crippen molar-refractivity contribution in [2.75, 3.05) is 0 Å². The van der Waals surface area contributed by atoms with Crippen molar-refractivity contribution in [3.8, 4) is 0 Å². The van der Waals surface area contributed by atoms with E-state index in [-0.39, 0.29) is 7.43 Å². The van der Waals surface area contributed by atoms with E-state index in [1.807, 2.05) is 6.08 Å². The fourth-order valence-electron chi connectivity index (χ4n) is 0.500. The molecule has 0 radical (unpaired) electrons. The molecule has 0 aromatic carbocycles. The van der Waals surface area contributed by atoms with Crippen LogP contribution in [0.25, 0.3) is 0 Å². The molecule has 0 aromatic heterocycles. The summed E-state index contributed by atoms with van der Waals surface area (Å²) in [4.78, 5) is 0. The molecule has 80 valence electrons. The largest absolute Gasteiger partial charge is 0.103 e. The van der Waals surface area contributed by atoms with Crippen LogP contribution in [0.5, 0.6) is 0 Å². The highest BCUT2D eigenvalue weighted by Crippen LogP contribution is 1.98. The van der Waals surface area contributed by atoms with Crippen LogP contribution in [-0.2, 0) is 0 Å². The van der Waals surface area contributed by atoms with Crippen molar-refractivity contribution in [3.05, 3.63) is 24.8 Å². The molecule has 0 spiro atoms. The molecular formula is C13H28. The second-order valence-electron chi connectivity index (χ2n) is 2.91. The molecule has 1 atom stereocenters. The van der Waals surface area contributed by atoms with E-state index in [1.165, 1.54) is 19.3 Å². The van der Waals surface area contributed by atoms with Crippen LogP contribution in [0.1, 0.15) is 54.4 Å². The van der Waals surface area contributed by atoms with Gasteiger partial charge in [0.2, 0.25) is 0 Å². The normalized spacial score (nSPS) is 11.1. The fourth-order valence-corrected chi connectivity index (χ4v) is 0.500. The fraction of sp³-hybridized carbons (Fsp3) is 0.692. The average Bonchev–Trinajstić information content (AvgIpc) is 2.14. The van der Waals surface area contributed by atoms with Crippen LogP contribution < -0.4 is 0 Å². The van der Waals surface area contributed by atoms with Gasteiger partial charge in [-0.15, -0.1) is 6.58 Å². The molecule has 0 rings (SSSR count). The average molecular weight is 184 g/mol. The first-order valence-corrected chi connectivity index (χ1v) is 5.00. The van der Waals surface area contributed by atoms with Crippen molar-refractivity contribution in [2.24, 2.45) is 5.92 Å². The zero-order chi connectivity index (χ0) is 9.82. The Morgan fingerprint density at radius 1 is 1.08 bits per heavy atom. The van der Waals surface area contributed by atoms with Crippen molar-refractivity contribution in [2.45, 2.75) is 54.4 Å². The van der Waals surface area contributed by atoms with Crippen LogP contribution in [-0.4, -0.2) is 0 Å². The van der Waals surface area contributed by atoms with Gasteiger partial charge < -0.3 is 0 Å². The Bertz CT molecular complexity index is 94.6. The zero-order valence-electron chi connectivity index (χ0n) is 9.14. The van der Waals surface area contributed by atoms with E-state index in [9.17, 15) is 0 Å². The Morgan fingerprint density at radius 3 is 1.54 bits per heavy atom. The number of hydrogen-bond donors (Lipinski definition) is 0. The zero-order valence-corrected chi connectivity index (χ0v) is 9.14. The molecular weight excluding hydrogens is 156 g/mol. The summed E-state index contributed by atoms with van der Waals surface area (Å²) in [6.07, 6.45) is 9.89. The summed E-state index contributed by atoms with van der Waals surface area (Å²) < 4.78 is 0. The molecule has 13 heavy (non-hydrogen) atoms. The summed E-state index contributed by atoms with van der Waals surface area (Å²) in [5.41, 5.74) is 0. The van der Waals surface area contributed by atoms with E-state index in [0.717, 1.165) is 0 Å². The number of rotatable bonds is 4. The van der Waals surface area contributed by atoms with Crippen LogP contribution in [0.4, 0.5) is 0 Å². The summed E-state index contributed by atoms with van der Waals surface area (Å²) in [7, 11) is 0. The summed E-state index contributed by atoms with van der Waals surface area (Å²) >= 11 is 0. The summed E-state index contributed by atoms with van der Waals surface area (Å²) in [6.45, 7) is 12.2. The third-order valence-corrected chi connectivity index (χ3v) is 1.68. The van der Waals surface area contributed by atoms with Crippen LogP contribution >= 0.6 is 0 Å². The van der Waals surface area contributed by atoms with E-state index in [0.29, 0.717) is 5.92 Å². The predicted molar refractivity (Wildman–Crippen MR) is 66.1 cm³/mol. The first kappa shape index (κ1) is 18.3. The standard InChI is InChI=1S/2C6H12.CH4/c1-4-6(3)5-2;1-3-5-6-4-2;/h4,6H,1,5H2,2-3H3;5-6H,3-4H2,1-2H3;1H4. The molecule has 0 aliphatic heterocycles. The Labute approximate surface area is 85.8 Å². The van der Waals surface area contributed by atoms with E-state index in [4.69, 9.17) is 0 Å². The minimum Gasteiger partial charge on any atom is -0.103 e. The Hall–Kier alpha value is -0.520. The minimum atomic E-state index is 0. The van der Waals surface area contributed by atoms with Gasteiger partial charge in [-0.1, -0.05) is 59.8 Å². The van der Waals surface area contributed by atoms with Crippen molar-refractivity contribution in [1.29, 1.82) is 0 Å². The maximum atomic E-state index is 3.63. The molecule has 0 heteroatoms. The molecule has 0 aromatic rings. The third kappa shape index (κ3) is 24.6. The van der Waals surface area contributed by atoms with E-state index < -0.39 is 0 Å². The summed E-state index contributed by atoms with van der Waals surface area (Å²) in [5.74, 6) is 0.699. The Kier molecular flexibility index (Phi) is 24.7. The number of allylic oxidation sites excluding steroid dienone is 3. The molecule has 0 amide bonds. The Balaban J connectivity index is -0.000000143. The first-order chi connectivity index (χ1) is 5.72. The van der Waals surface area contributed by atoms with Crippen LogP contribution in [0.15, 0.2) is 24.8 Å². The third-order valence-electron chi connectivity index (χ3n) is 1.68. The highest BCUT2D eigenvalue weighted by Gasteiger charge is 1.84. The van der Waals surface area contributed by atoms with Crippen LogP contribution in [0, 0.1) is 5.92 Å². The van der Waals surface area contributed by atoms with Crippen LogP contribution in [0.3, 0.4) is 0 Å². The van der Waals surface area contributed by atoms with Gasteiger partial charge in [0, 0.05) is 0 Å². The lowest BCUT2D eigenvalue weighted by atomic mass is 10.1. The lowest BCUT2D eigenvalue weighted by Gasteiger charge is -1.93. The topological polar surface area (TPSA) is 0 Å². The van der Waals surface area contributed by atoms with Gasteiger partial charge in [-0.2, -0.15) is 0 Å². The van der Waals surface area contributed by atoms with Crippen LogP contribution in [0.2, 0.25) is 0 Å². The molecule has 0 fully saturated rings. The molecule has 0 saturated carbocycles.